The van der Waals surface area contributed by atoms with Crippen molar-refractivity contribution in [2.75, 3.05) is 0 Å². The van der Waals surface area contributed by atoms with E-state index in [9.17, 15) is 0 Å². The Hall–Kier alpha value is -7.78. The van der Waals surface area contributed by atoms with Crippen molar-refractivity contribution in [3.63, 3.8) is 0 Å². The van der Waals surface area contributed by atoms with E-state index in [1.54, 1.807) is 12.4 Å². The minimum Gasteiger partial charge on any atom is -0.416 e. The van der Waals surface area contributed by atoms with Crippen molar-refractivity contribution >= 4 is 43.6 Å². The second kappa shape index (κ2) is 12.4. The molecule has 7 aromatic heterocycles. The number of nitrogens with zero attached hydrogens (tertiary/aromatic N) is 8. The van der Waals surface area contributed by atoms with Gasteiger partial charge < -0.3 is 4.42 Å². The molecule has 0 aliphatic heterocycles. The van der Waals surface area contributed by atoms with E-state index in [0.717, 1.165) is 88.9 Å². The molecule has 11 aromatic rings. The lowest BCUT2D eigenvalue weighted by Crippen LogP contribution is -1.99. The Kier molecular flexibility index (Phi) is 6.96. The zero-order valence-corrected chi connectivity index (χ0v) is 29.2. The van der Waals surface area contributed by atoms with Crippen LogP contribution < -0.4 is 0 Å². The number of benzene rings is 4. The summed E-state index contributed by atoms with van der Waals surface area (Å²) in [5.74, 6) is 2.42. The van der Waals surface area contributed by atoms with Crippen LogP contribution in [0, 0.1) is 0 Å². The summed E-state index contributed by atoms with van der Waals surface area (Å²) in [7, 11) is 0. The molecule has 0 aliphatic rings. The van der Waals surface area contributed by atoms with Gasteiger partial charge in [-0.15, -0.1) is 10.2 Å². The SMILES string of the molecule is c1cncc(-c2cccc(-n3c4ccccc4c4c(-c5nnc(-c6cccc7c8ccccc8n(-c8cccc(-c9cccnc9)n8)c67)o5)cccc43)n2)c1. The van der Waals surface area contributed by atoms with Gasteiger partial charge >= 0.3 is 0 Å². The van der Waals surface area contributed by atoms with Gasteiger partial charge in [-0.25, -0.2) is 9.97 Å². The lowest BCUT2D eigenvalue weighted by molar-refractivity contribution is 0.585. The smallest absolute Gasteiger partial charge is 0.250 e. The first-order valence-corrected chi connectivity index (χ1v) is 17.9. The van der Waals surface area contributed by atoms with Gasteiger partial charge in [0.2, 0.25) is 11.8 Å². The molecule has 11 rings (SSSR count). The standard InChI is InChI=1S/C46H28N8O/c1-3-20-38-31(13-1)32-15-5-17-35(44(32)54(38)42-24-8-19-37(50-42)30-12-10-26-48-28-30)46-52-51-45(55-46)34-16-6-22-40-43(34)33-14-2-4-21-39(33)53(40)41-23-7-18-36(49-41)29-11-9-25-47-27-29/h1-28H. The van der Waals surface area contributed by atoms with Crippen LogP contribution in [0.4, 0.5) is 0 Å². The second-order valence-corrected chi connectivity index (χ2v) is 13.3. The summed E-state index contributed by atoms with van der Waals surface area (Å²) in [6.07, 6.45) is 7.20. The van der Waals surface area contributed by atoms with Crippen LogP contribution in [-0.4, -0.2) is 39.3 Å². The molecule has 0 atom stereocenters. The lowest BCUT2D eigenvalue weighted by Gasteiger charge is -2.10. The third kappa shape index (κ3) is 4.94. The maximum atomic E-state index is 6.70. The first-order valence-electron chi connectivity index (χ1n) is 17.9. The number of hydrogen-bond donors (Lipinski definition) is 0. The predicted molar refractivity (Wildman–Crippen MR) is 216 cm³/mol. The molecule has 4 aromatic carbocycles. The van der Waals surface area contributed by atoms with Gasteiger partial charge in [-0.2, -0.15) is 0 Å². The van der Waals surface area contributed by atoms with E-state index in [4.69, 9.17) is 24.6 Å². The highest BCUT2D eigenvalue weighted by atomic mass is 16.4. The molecule has 0 amide bonds. The van der Waals surface area contributed by atoms with E-state index in [1.165, 1.54) is 0 Å². The monoisotopic (exact) mass is 708 g/mol. The average molecular weight is 709 g/mol. The van der Waals surface area contributed by atoms with E-state index in [2.05, 4.69) is 73.7 Å². The number of rotatable bonds is 6. The minimum absolute atomic E-state index is 0.416. The molecule has 0 saturated carbocycles. The molecule has 55 heavy (non-hydrogen) atoms. The van der Waals surface area contributed by atoms with Crippen LogP contribution in [0.15, 0.2) is 175 Å². The summed E-state index contributed by atoms with van der Waals surface area (Å²) in [5.41, 5.74) is 9.20. The quantitative estimate of drug-likeness (QED) is 0.169. The average Bonchev–Trinajstić information content (AvgIpc) is 3.98. The molecular weight excluding hydrogens is 681 g/mol. The third-order valence-electron chi connectivity index (χ3n) is 10.1. The Morgan fingerprint density at radius 3 is 1.65 bits per heavy atom. The summed E-state index contributed by atoms with van der Waals surface area (Å²) < 4.78 is 11.1. The van der Waals surface area contributed by atoms with Crippen molar-refractivity contribution in [3.05, 3.63) is 170 Å². The van der Waals surface area contributed by atoms with Crippen molar-refractivity contribution in [1.82, 2.24) is 39.3 Å². The number of fused-ring (bicyclic) bond motifs is 6. The summed E-state index contributed by atoms with van der Waals surface area (Å²) in [5, 5.41) is 13.6. The van der Waals surface area contributed by atoms with Crippen molar-refractivity contribution < 1.29 is 4.42 Å². The number of pyridine rings is 4. The number of aromatic nitrogens is 8. The van der Waals surface area contributed by atoms with Crippen LogP contribution in [0.25, 0.3) is 101 Å². The first kappa shape index (κ1) is 30.8. The Bertz CT molecular complexity index is 3220. The minimum atomic E-state index is 0.416. The number of hydrogen-bond acceptors (Lipinski definition) is 7. The second-order valence-electron chi connectivity index (χ2n) is 13.3. The van der Waals surface area contributed by atoms with Crippen LogP contribution in [0.3, 0.4) is 0 Å². The highest BCUT2D eigenvalue weighted by Crippen LogP contribution is 2.41. The van der Waals surface area contributed by atoms with Gasteiger partial charge in [-0.3, -0.25) is 19.1 Å². The molecule has 0 saturated heterocycles. The fourth-order valence-corrected chi connectivity index (χ4v) is 7.76. The molecule has 7 heterocycles. The molecule has 0 N–H and O–H groups in total. The first-order chi connectivity index (χ1) is 27.3. The van der Waals surface area contributed by atoms with E-state index < -0.39 is 0 Å². The highest BCUT2D eigenvalue weighted by molar-refractivity contribution is 6.15. The zero-order chi connectivity index (χ0) is 36.3. The Morgan fingerprint density at radius 1 is 0.418 bits per heavy atom. The molecule has 0 spiro atoms. The van der Waals surface area contributed by atoms with Gasteiger partial charge in [0.05, 0.1) is 39.0 Å². The Morgan fingerprint density at radius 2 is 0.964 bits per heavy atom. The lowest BCUT2D eigenvalue weighted by atomic mass is 10.1. The van der Waals surface area contributed by atoms with Gasteiger partial charge in [0, 0.05) is 63.0 Å². The normalized spacial score (nSPS) is 11.6. The molecule has 0 radical (unpaired) electrons. The molecule has 9 heteroatoms. The Balaban J connectivity index is 1.09. The van der Waals surface area contributed by atoms with E-state index >= 15 is 0 Å². The Labute approximate surface area is 313 Å². The van der Waals surface area contributed by atoms with Crippen LogP contribution in [0.1, 0.15) is 0 Å². The van der Waals surface area contributed by atoms with Crippen molar-refractivity contribution in [3.8, 4) is 57.1 Å². The fourth-order valence-electron chi connectivity index (χ4n) is 7.76. The van der Waals surface area contributed by atoms with Gasteiger partial charge in [-0.05, 0) is 78.9 Å². The molecule has 0 fully saturated rings. The van der Waals surface area contributed by atoms with Gasteiger partial charge in [0.15, 0.2) is 0 Å². The molecule has 0 bridgehead atoms. The van der Waals surface area contributed by atoms with E-state index in [0.29, 0.717) is 11.8 Å². The summed E-state index contributed by atoms with van der Waals surface area (Å²) >= 11 is 0. The highest BCUT2D eigenvalue weighted by Gasteiger charge is 2.23. The van der Waals surface area contributed by atoms with Crippen molar-refractivity contribution in [2.24, 2.45) is 0 Å². The van der Waals surface area contributed by atoms with Gasteiger partial charge in [0.25, 0.3) is 0 Å². The number of para-hydroxylation sites is 3. The van der Waals surface area contributed by atoms with E-state index in [1.807, 2.05) is 103 Å². The van der Waals surface area contributed by atoms with Crippen LogP contribution in [-0.2, 0) is 0 Å². The molecule has 0 aliphatic carbocycles. The summed E-state index contributed by atoms with van der Waals surface area (Å²) in [6.45, 7) is 0. The maximum Gasteiger partial charge on any atom is 0.250 e. The molecule has 9 nitrogen and oxygen atoms in total. The van der Waals surface area contributed by atoms with Crippen LogP contribution >= 0.6 is 0 Å². The van der Waals surface area contributed by atoms with Crippen molar-refractivity contribution in [1.29, 1.82) is 0 Å². The van der Waals surface area contributed by atoms with Crippen LogP contribution in [0.5, 0.6) is 0 Å². The zero-order valence-electron chi connectivity index (χ0n) is 29.2. The topological polar surface area (TPSA) is 100 Å². The van der Waals surface area contributed by atoms with E-state index in [-0.39, 0.29) is 0 Å². The largest absolute Gasteiger partial charge is 0.416 e. The van der Waals surface area contributed by atoms with Gasteiger partial charge in [-0.1, -0.05) is 66.7 Å². The third-order valence-corrected chi connectivity index (χ3v) is 10.1. The molecule has 0 unspecified atom stereocenters. The summed E-state index contributed by atoms with van der Waals surface area (Å²) in [4.78, 5) is 18.9. The summed E-state index contributed by atoms with van der Waals surface area (Å²) in [6, 6.07) is 49.1. The fraction of sp³-hybridized carbons (Fsp3) is 0. The molecule has 258 valence electrons. The maximum absolute atomic E-state index is 6.70. The predicted octanol–water partition coefficient (Wildman–Crippen LogP) is 10.5. The molecular formula is C46H28N8O. The van der Waals surface area contributed by atoms with Crippen molar-refractivity contribution in [2.45, 2.75) is 0 Å². The van der Waals surface area contributed by atoms with Gasteiger partial charge in [0.1, 0.15) is 11.6 Å². The van der Waals surface area contributed by atoms with Crippen LogP contribution in [0.2, 0.25) is 0 Å².